The minimum atomic E-state index is -1.36. The van der Waals surface area contributed by atoms with E-state index in [0.717, 1.165) is 5.56 Å². The quantitative estimate of drug-likeness (QED) is 0.793. The lowest BCUT2D eigenvalue weighted by molar-refractivity contribution is -0.129. The highest BCUT2D eigenvalue weighted by Crippen LogP contribution is 2.11. The van der Waals surface area contributed by atoms with E-state index in [1.165, 1.54) is 18.4 Å². The number of piperazine rings is 1. The average Bonchev–Trinajstić information content (AvgIpc) is 3.18. The van der Waals surface area contributed by atoms with Gasteiger partial charge in [0.25, 0.3) is 5.91 Å². The predicted octanol–water partition coefficient (Wildman–Crippen LogP) is 1.65. The fraction of sp³-hybridized carbons (Fsp3) is 0.333. The molecule has 1 aromatic carbocycles. The molecule has 3 rings (SSSR count). The molecule has 1 aliphatic heterocycles. The molecule has 2 aromatic rings. The van der Waals surface area contributed by atoms with Gasteiger partial charge in [0.15, 0.2) is 5.76 Å². The van der Waals surface area contributed by atoms with Gasteiger partial charge in [-0.15, -0.1) is 0 Å². The van der Waals surface area contributed by atoms with Gasteiger partial charge in [-0.2, -0.15) is 0 Å². The summed E-state index contributed by atoms with van der Waals surface area (Å²) in [6.07, 6.45) is 1.45. The first-order valence-electron chi connectivity index (χ1n) is 8.23. The molecule has 0 aliphatic carbocycles. The zero-order chi connectivity index (χ0) is 18.5. The second kappa shape index (κ2) is 8.27. The maximum atomic E-state index is 12.9. The van der Waals surface area contributed by atoms with Crippen LogP contribution in [0.3, 0.4) is 0 Å². The number of carbonyl (C=O) groups excluding carboxylic acids is 2. The van der Waals surface area contributed by atoms with Crippen LogP contribution in [-0.4, -0.2) is 57.8 Å². The molecule has 1 saturated heterocycles. The second-order valence-electron chi connectivity index (χ2n) is 6.01. The van der Waals surface area contributed by atoms with E-state index in [-0.39, 0.29) is 34.9 Å². The van der Waals surface area contributed by atoms with E-state index in [4.69, 9.17) is 4.42 Å². The number of carbonyl (C=O) groups is 2. The van der Waals surface area contributed by atoms with Crippen molar-refractivity contribution in [3.05, 3.63) is 59.8 Å². The van der Waals surface area contributed by atoms with Crippen molar-refractivity contribution in [1.82, 2.24) is 9.80 Å². The van der Waals surface area contributed by atoms with Gasteiger partial charge in [0.05, 0.1) is 6.26 Å². The summed E-state index contributed by atoms with van der Waals surface area (Å²) in [6, 6.07) is 9.02. The third kappa shape index (κ3) is 4.57. The number of nitrogens with zero attached hydrogens (tertiary/aromatic N) is 2. The van der Waals surface area contributed by atoms with Gasteiger partial charge in [-0.1, -0.05) is 12.1 Å². The second-order valence-corrected chi connectivity index (χ2v) is 7.46. The Morgan fingerprint density at radius 3 is 2.31 bits per heavy atom. The van der Waals surface area contributed by atoms with Gasteiger partial charge in [0.2, 0.25) is 5.91 Å². The topological polar surface area (TPSA) is 70.8 Å². The minimum absolute atomic E-state index is 0.0799. The van der Waals surface area contributed by atoms with Crippen LogP contribution < -0.4 is 0 Å². The highest BCUT2D eigenvalue weighted by atomic mass is 32.2. The lowest BCUT2D eigenvalue weighted by Gasteiger charge is -2.34. The molecule has 0 saturated carbocycles. The van der Waals surface area contributed by atoms with Crippen molar-refractivity contribution in [2.24, 2.45) is 0 Å². The van der Waals surface area contributed by atoms with Crippen LogP contribution in [0.1, 0.15) is 16.1 Å². The molecule has 0 unspecified atom stereocenters. The Bertz CT molecular complexity index is 784. The Morgan fingerprint density at radius 1 is 1.04 bits per heavy atom. The fourth-order valence-electron chi connectivity index (χ4n) is 2.76. The van der Waals surface area contributed by atoms with Crippen LogP contribution in [-0.2, 0) is 21.3 Å². The molecule has 0 N–H and O–H groups in total. The van der Waals surface area contributed by atoms with Crippen molar-refractivity contribution < 1.29 is 22.6 Å². The lowest BCUT2D eigenvalue weighted by atomic mass is 10.2. The van der Waals surface area contributed by atoms with Gasteiger partial charge >= 0.3 is 0 Å². The van der Waals surface area contributed by atoms with Crippen LogP contribution in [0.4, 0.5) is 4.39 Å². The van der Waals surface area contributed by atoms with Crippen LogP contribution in [0.5, 0.6) is 0 Å². The van der Waals surface area contributed by atoms with Crippen molar-refractivity contribution in [2.75, 3.05) is 31.9 Å². The first kappa shape index (κ1) is 18.3. The number of halogens is 1. The zero-order valence-corrected chi connectivity index (χ0v) is 14.9. The summed E-state index contributed by atoms with van der Waals surface area (Å²) in [7, 11) is -1.36. The molecule has 138 valence electrons. The molecule has 6 nitrogen and oxygen atoms in total. The van der Waals surface area contributed by atoms with Crippen molar-refractivity contribution in [1.29, 1.82) is 0 Å². The Labute approximate surface area is 153 Å². The van der Waals surface area contributed by atoms with Gasteiger partial charge < -0.3 is 14.2 Å². The SMILES string of the molecule is O=C(C[S@](=O)Cc1ccc(F)cc1)N1CCN(C(=O)c2ccco2)CC1. The third-order valence-corrected chi connectivity index (χ3v) is 5.40. The van der Waals surface area contributed by atoms with Crippen molar-refractivity contribution in [3.63, 3.8) is 0 Å². The Morgan fingerprint density at radius 2 is 1.69 bits per heavy atom. The van der Waals surface area contributed by atoms with Crippen molar-refractivity contribution >= 4 is 22.6 Å². The van der Waals surface area contributed by atoms with E-state index in [1.54, 1.807) is 34.1 Å². The Kier molecular flexibility index (Phi) is 5.82. The number of hydrogen-bond acceptors (Lipinski definition) is 4. The molecule has 1 aliphatic rings. The number of rotatable bonds is 5. The molecule has 26 heavy (non-hydrogen) atoms. The summed E-state index contributed by atoms with van der Waals surface area (Å²) in [5.74, 6) is -0.327. The molecular formula is C18H19FN2O4S. The molecule has 1 aromatic heterocycles. The van der Waals surface area contributed by atoms with Gasteiger partial charge in [-0.3, -0.25) is 13.8 Å². The highest BCUT2D eigenvalue weighted by Gasteiger charge is 2.26. The molecule has 1 atom stereocenters. The van der Waals surface area contributed by atoms with Gasteiger partial charge in [0.1, 0.15) is 11.6 Å². The third-order valence-electron chi connectivity index (χ3n) is 4.18. The fourth-order valence-corrected chi connectivity index (χ4v) is 3.89. The van der Waals surface area contributed by atoms with Gasteiger partial charge in [0, 0.05) is 42.7 Å². The van der Waals surface area contributed by atoms with Crippen LogP contribution in [0.2, 0.25) is 0 Å². The van der Waals surface area contributed by atoms with Crippen LogP contribution in [0.25, 0.3) is 0 Å². The standard InChI is InChI=1S/C18H19FN2O4S/c19-15-5-3-14(4-6-15)12-26(24)13-17(22)20-7-9-21(10-8-20)18(23)16-2-1-11-25-16/h1-6,11H,7-10,12-13H2/t26-/m1/s1. The summed E-state index contributed by atoms with van der Waals surface area (Å²) in [5, 5.41) is 0. The number of furan rings is 1. The largest absolute Gasteiger partial charge is 0.459 e. The number of benzene rings is 1. The van der Waals surface area contributed by atoms with Crippen LogP contribution >= 0.6 is 0 Å². The average molecular weight is 378 g/mol. The van der Waals surface area contributed by atoms with E-state index in [0.29, 0.717) is 26.2 Å². The maximum Gasteiger partial charge on any atom is 0.289 e. The molecular weight excluding hydrogens is 359 g/mol. The highest BCUT2D eigenvalue weighted by molar-refractivity contribution is 7.84. The smallest absolute Gasteiger partial charge is 0.289 e. The number of hydrogen-bond donors (Lipinski definition) is 0. The minimum Gasteiger partial charge on any atom is -0.459 e. The molecule has 2 amide bonds. The summed E-state index contributed by atoms with van der Waals surface area (Å²) in [5.41, 5.74) is 0.728. The summed E-state index contributed by atoms with van der Waals surface area (Å²) < 4.78 is 30.2. The Hall–Kier alpha value is -2.48. The van der Waals surface area contributed by atoms with E-state index in [2.05, 4.69) is 0 Å². The number of amides is 2. The normalized spacial score (nSPS) is 15.7. The molecule has 8 heteroatoms. The van der Waals surface area contributed by atoms with Crippen LogP contribution in [0.15, 0.2) is 47.1 Å². The van der Waals surface area contributed by atoms with Crippen molar-refractivity contribution in [3.8, 4) is 0 Å². The summed E-state index contributed by atoms with van der Waals surface area (Å²) >= 11 is 0. The predicted molar refractivity (Wildman–Crippen MR) is 94.3 cm³/mol. The van der Waals surface area contributed by atoms with E-state index < -0.39 is 10.8 Å². The molecule has 2 heterocycles. The van der Waals surface area contributed by atoms with Gasteiger partial charge in [-0.25, -0.2) is 4.39 Å². The zero-order valence-electron chi connectivity index (χ0n) is 14.1. The summed E-state index contributed by atoms with van der Waals surface area (Å²) in [6.45, 7) is 1.63. The first-order valence-corrected chi connectivity index (χ1v) is 9.72. The van der Waals surface area contributed by atoms with E-state index in [9.17, 15) is 18.2 Å². The molecule has 0 bridgehead atoms. The monoisotopic (exact) mass is 378 g/mol. The maximum absolute atomic E-state index is 12.9. The van der Waals surface area contributed by atoms with E-state index in [1.807, 2.05) is 0 Å². The van der Waals surface area contributed by atoms with Crippen LogP contribution in [0, 0.1) is 5.82 Å². The molecule has 0 radical (unpaired) electrons. The van der Waals surface area contributed by atoms with Crippen molar-refractivity contribution in [2.45, 2.75) is 5.75 Å². The Balaban J connectivity index is 1.46. The lowest BCUT2D eigenvalue weighted by Crippen LogP contribution is -2.51. The first-order chi connectivity index (χ1) is 12.5. The van der Waals surface area contributed by atoms with E-state index >= 15 is 0 Å². The summed E-state index contributed by atoms with van der Waals surface area (Å²) in [4.78, 5) is 27.8. The van der Waals surface area contributed by atoms with Gasteiger partial charge in [-0.05, 0) is 29.8 Å². The molecule has 1 fully saturated rings. The molecule has 0 spiro atoms.